The molecule has 2 aliphatic rings. The number of carbonyl (C=O) groups excluding carboxylic acids is 1. The molecule has 1 aliphatic carbocycles. The molecule has 1 aromatic rings. The number of rotatable bonds is 0. The predicted octanol–water partition coefficient (Wildman–Crippen LogP) is 3.51. The van der Waals surface area contributed by atoms with Crippen LogP contribution >= 0.6 is 0 Å². The summed E-state index contributed by atoms with van der Waals surface area (Å²) in [7, 11) is 0. The fourth-order valence-electron chi connectivity index (χ4n) is 3.55. The second-order valence-electron chi connectivity index (χ2n) is 6.32. The van der Waals surface area contributed by atoms with Gasteiger partial charge in [-0.3, -0.25) is 0 Å². The second-order valence-corrected chi connectivity index (χ2v) is 6.32. The van der Waals surface area contributed by atoms with Gasteiger partial charge in [0.05, 0.1) is 0 Å². The van der Waals surface area contributed by atoms with Gasteiger partial charge >= 0.3 is 6.16 Å². The van der Waals surface area contributed by atoms with Crippen molar-refractivity contribution in [2.75, 3.05) is 0 Å². The van der Waals surface area contributed by atoms with Gasteiger partial charge in [-0.1, -0.05) is 38.1 Å². The third kappa shape index (κ3) is 1.22. The van der Waals surface area contributed by atoms with Crippen LogP contribution in [-0.2, 0) is 20.5 Å². The van der Waals surface area contributed by atoms with Crippen LogP contribution in [0.5, 0.6) is 0 Å². The molecule has 0 amide bonds. The van der Waals surface area contributed by atoms with Gasteiger partial charge in [-0.05, 0) is 24.8 Å². The molecule has 0 bridgehead atoms. The molecule has 1 aromatic carbocycles. The fraction of sp³-hybridized carbons (Fsp3) is 0.533. The highest BCUT2D eigenvalue weighted by Gasteiger charge is 2.63. The summed E-state index contributed by atoms with van der Waals surface area (Å²) < 4.78 is 11.0. The van der Waals surface area contributed by atoms with Gasteiger partial charge in [0, 0.05) is 12.0 Å². The third-order valence-electron chi connectivity index (χ3n) is 4.55. The summed E-state index contributed by atoms with van der Waals surface area (Å²) in [4.78, 5) is 11.6. The van der Waals surface area contributed by atoms with Gasteiger partial charge in [0.1, 0.15) is 0 Å². The minimum absolute atomic E-state index is 0.0289. The van der Waals surface area contributed by atoms with Crippen LogP contribution in [0.3, 0.4) is 0 Å². The number of fused-ring (bicyclic) bond motifs is 3. The number of ether oxygens (including phenoxy) is 2. The number of hydrogen-bond donors (Lipinski definition) is 0. The summed E-state index contributed by atoms with van der Waals surface area (Å²) in [5.74, 6) is 0. The third-order valence-corrected chi connectivity index (χ3v) is 4.55. The summed E-state index contributed by atoms with van der Waals surface area (Å²) in [6.07, 6.45) is 0.201. The van der Waals surface area contributed by atoms with Crippen LogP contribution in [0.2, 0.25) is 0 Å². The summed E-state index contributed by atoms with van der Waals surface area (Å²) in [5.41, 5.74) is 0.995. The van der Waals surface area contributed by atoms with Crippen molar-refractivity contribution in [2.24, 2.45) is 0 Å². The quantitative estimate of drug-likeness (QED) is 0.657. The van der Waals surface area contributed by atoms with Crippen LogP contribution in [0.1, 0.15) is 45.2 Å². The number of hydrogen-bond acceptors (Lipinski definition) is 3. The maximum Gasteiger partial charge on any atom is 0.510 e. The normalized spacial score (nSPS) is 36.3. The SMILES string of the molecule is CC1(C)C[C@@]2(C)OC(=O)O[C@@]2(C)c2ccccc21. The Bertz CT molecular complexity index is 534. The number of carbonyl (C=O) groups is 1. The van der Waals surface area contributed by atoms with E-state index in [1.165, 1.54) is 5.56 Å². The van der Waals surface area contributed by atoms with Crippen LogP contribution < -0.4 is 0 Å². The van der Waals surface area contributed by atoms with Crippen molar-refractivity contribution >= 4 is 6.16 Å². The number of benzene rings is 1. The van der Waals surface area contributed by atoms with Crippen molar-refractivity contribution in [1.82, 2.24) is 0 Å². The topological polar surface area (TPSA) is 35.5 Å². The largest absolute Gasteiger partial charge is 0.510 e. The van der Waals surface area contributed by atoms with Crippen LogP contribution in [0.25, 0.3) is 0 Å². The van der Waals surface area contributed by atoms with Crippen molar-refractivity contribution in [1.29, 1.82) is 0 Å². The van der Waals surface area contributed by atoms with Crippen molar-refractivity contribution in [3.63, 3.8) is 0 Å². The van der Waals surface area contributed by atoms with Gasteiger partial charge in [-0.2, -0.15) is 0 Å². The van der Waals surface area contributed by atoms with E-state index in [0.29, 0.717) is 0 Å². The zero-order chi connectivity index (χ0) is 13.2. The minimum Gasteiger partial charge on any atom is -0.423 e. The van der Waals surface area contributed by atoms with Gasteiger partial charge in [0.2, 0.25) is 0 Å². The molecule has 96 valence electrons. The van der Waals surface area contributed by atoms with E-state index in [1.54, 1.807) is 0 Å². The Labute approximate surface area is 107 Å². The van der Waals surface area contributed by atoms with E-state index in [-0.39, 0.29) is 5.41 Å². The van der Waals surface area contributed by atoms with E-state index < -0.39 is 17.4 Å². The maximum absolute atomic E-state index is 11.6. The maximum atomic E-state index is 11.6. The van der Waals surface area contributed by atoms with Gasteiger partial charge in [-0.15, -0.1) is 0 Å². The Hall–Kier alpha value is -1.51. The van der Waals surface area contributed by atoms with E-state index in [4.69, 9.17) is 9.47 Å². The summed E-state index contributed by atoms with van der Waals surface area (Å²) >= 11 is 0. The smallest absolute Gasteiger partial charge is 0.423 e. The van der Waals surface area contributed by atoms with Crippen molar-refractivity contribution in [3.05, 3.63) is 35.4 Å². The monoisotopic (exact) mass is 246 g/mol. The molecular formula is C15H18O3. The van der Waals surface area contributed by atoms with Crippen LogP contribution in [0.4, 0.5) is 4.79 Å². The van der Waals surface area contributed by atoms with E-state index >= 15 is 0 Å². The highest BCUT2D eigenvalue weighted by Crippen LogP contribution is 2.56. The Morgan fingerprint density at radius 2 is 1.61 bits per heavy atom. The summed E-state index contributed by atoms with van der Waals surface area (Å²) in [6, 6.07) is 8.17. The van der Waals surface area contributed by atoms with E-state index in [9.17, 15) is 4.79 Å². The highest BCUT2D eigenvalue weighted by molar-refractivity contribution is 5.66. The molecule has 0 aromatic heterocycles. The molecule has 0 spiro atoms. The molecule has 1 fully saturated rings. The average molecular weight is 246 g/mol. The van der Waals surface area contributed by atoms with Crippen molar-refractivity contribution in [2.45, 2.75) is 50.7 Å². The lowest BCUT2D eigenvalue weighted by Crippen LogP contribution is -2.53. The van der Waals surface area contributed by atoms with E-state index in [2.05, 4.69) is 19.9 Å². The molecule has 1 heterocycles. The lowest BCUT2D eigenvalue weighted by Gasteiger charge is -2.48. The molecule has 0 saturated carbocycles. The molecule has 3 heteroatoms. The average Bonchev–Trinajstić information content (AvgIpc) is 2.48. The van der Waals surface area contributed by atoms with Crippen LogP contribution in [0, 0.1) is 0 Å². The molecule has 3 rings (SSSR count). The standard InChI is InChI=1S/C15H18O3/c1-13(2)9-14(3)15(4,18-12(16)17-14)11-8-6-5-7-10(11)13/h5-8H,9H2,1-4H3/t14-,15+/m1/s1. The molecule has 0 N–H and O–H groups in total. The first kappa shape index (κ1) is 11.6. The van der Waals surface area contributed by atoms with Crippen molar-refractivity contribution in [3.8, 4) is 0 Å². The Morgan fingerprint density at radius 3 is 2.28 bits per heavy atom. The Balaban J connectivity index is 2.29. The highest BCUT2D eigenvalue weighted by atomic mass is 16.8. The molecule has 18 heavy (non-hydrogen) atoms. The van der Waals surface area contributed by atoms with E-state index in [0.717, 1.165) is 12.0 Å². The summed E-state index contributed by atoms with van der Waals surface area (Å²) in [6.45, 7) is 8.28. The van der Waals surface area contributed by atoms with Crippen LogP contribution in [-0.4, -0.2) is 11.8 Å². The van der Waals surface area contributed by atoms with Gasteiger partial charge in [0.25, 0.3) is 0 Å². The lowest BCUT2D eigenvalue weighted by atomic mass is 9.60. The van der Waals surface area contributed by atoms with E-state index in [1.807, 2.05) is 32.0 Å². The second kappa shape index (κ2) is 3.08. The fourth-order valence-corrected chi connectivity index (χ4v) is 3.55. The molecule has 2 atom stereocenters. The van der Waals surface area contributed by atoms with Crippen molar-refractivity contribution < 1.29 is 14.3 Å². The summed E-state index contributed by atoms with van der Waals surface area (Å²) in [5, 5.41) is 0. The van der Waals surface area contributed by atoms with Gasteiger partial charge in [-0.25, -0.2) is 4.79 Å². The predicted molar refractivity (Wildman–Crippen MR) is 67.4 cm³/mol. The minimum atomic E-state index is -0.684. The zero-order valence-electron chi connectivity index (χ0n) is 11.2. The Kier molecular flexibility index (Phi) is 1.98. The first-order valence-electron chi connectivity index (χ1n) is 6.31. The molecule has 0 radical (unpaired) electrons. The molecule has 3 nitrogen and oxygen atoms in total. The Morgan fingerprint density at radius 1 is 1.00 bits per heavy atom. The lowest BCUT2D eigenvalue weighted by molar-refractivity contribution is -0.0582. The molecular weight excluding hydrogens is 228 g/mol. The molecule has 0 unspecified atom stereocenters. The van der Waals surface area contributed by atoms with Gasteiger partial charge in [0.15, 0.2) is 11.2 Å². The molecule has 1 saturated heterocycles. The first-order valence-corrected chi connectivity index (χ1v) is 6.31. The van der Waals surface area contributed by atoms with Gasteiger partial charge < -0.3 is 9.47 Å². The zero-order valence-corrected chi connectivity index (χ0v) is 11.2. The first-order chi connectivity index (χ1) is 8.29. The van der Waals surface area contributed by atoms with Crippen LogP contribution in [0.15, 0.2) is 24.3 Å². The molecule has 1 aliphatic heterocycles.